The molecule has 2 aromatic carbocycles. The van der Waals surface area contributed by atoms with Crippen molar-refractivity contribution in [3.05, 3.63) is 47.4 Å². The summed E-state index contributed by atoms with van der Waals surface area (Å²) in [5.41, 5.74) is 7.94. The maximum Gasteiger partial charge on any atom is 0.316 e. The summed E-state index contributed by atoms with van der Waals surface area (Å²) in [4.78, 5) is 43.2. The van der Waals surface area contributed by atoms with Crippen LogP contribution >= 0.6 is 0 Å². The topological polar surface area (TPSA) is 138 Å². The van der Waals surface area contributed by atoms with E-state index in [1.165, 1.54) is 12.3 Å². The van der Waals surface area contributed by atoms with Gasteiger partial charge >= 0.3 is 6.01 Å². The minimum absolute atomic E-state index is 0.0366. The first kappa shape index (κ1) is 29.2. The Morgan fingerprint density at radius 1 is 1.29 bits per heavy atom. The van der Waals surface area contributed by atoms with Crippen molar-refractivity contribution in [2.75, 3.05) is 56.3 Å². The Morgan fingerprint density at radius 2 is 2.05 bits per heavy atom. The summed E-state index contributed by atoms with van der Waals surface area (Å²) in [5, 5.41) is 6.99. The first-order chi connectivity index (χ1) is 20.1. The van der Waals surface area contributed by atoms with E-state index in [4.69, 9.17) is 10.5 Å². The highest BCUT2D eigenvalue weighted by Gasteiger charge is 2.28. The van der Waals surface area contributed by atoms with Gasteiger partial charge in [-0.05, 0) is 51.0 Å². The number of hydrogen-bond donors (Lipinski definition) is 3. The lowest BCUT2D eigenvalue weighted by molar-refractivity contribution is -0.138. The summed E-state index contributed by atoms with van der Waals surface area (Å²) in [6, 6.07) is 6.94. The van der Waals surface area contributed by atoms with E-state index in [1.807, 2.05) is 6.07 Å². The second-order valence-electron chi connectivity index (χ2n) is 11.1. The van der Waals surface area contributed by atoms with Crippen LogP contribution < -0.4 is 26.0 Å². The number of aliphatic imine (C=N–C) groups is 1. The van der Waals surface area contributed by atoms with Gasteiger partial charge in [0.25, 0.3) is 5.91 Å². The van der Waals surface area contributed by atoms with E-state index in [2.05, 4.69) is 44.3 Å². The van der Waals surface area contributed by atoms with Gasteiger partial charge in [0, 0.05) is 80.5 Å². The van der Waals surface area contributed by atoms with Crippen molar-refractivity contribution in [3.63, 3.8) is 0 Å². The number of nitrogens with zero attached hydrogens (tertiary/aromatic N) is 5. The summed E-state index contributed by atoms with van der Waals surface area (Å²) >= 11 is 0. The number of fused-ring (bicyclic) bond motifs is 1. The van der Waals surface area contributed by atoms with Crippen molar-refractivity contribution in [1.29, 1.82) is 0 Å². The molecule has 2 amide bonds. The number of nitrogens with one attached hydrogen (secondary N) is 2. The SMILES string of the molecule is CN=Cc1cc(NC(=O)c2ccc(N3C[C@@H](C)N[C@@H](C)C3)c3cnc(OCC4CCCN(C)C4=O)nc23)cc(F)c1N. The molecule has 4 N–H and O–H groups in total. The van der Waals surface area contributed by atoms with E-state index >= 15 is 0 Å². The molecule has 0 bridgehead atoms. The minimum Gasteiger partial charge on any atom is -0.463 e. The van der Waals surface area contributed by atoms with Gasteiger partial charge in [-0.15, -0.1) is 0 Å². The number of halogens is 1. The van der Waals surface area contributed by atoms with Gasteiger partial charge in [-0.1, -0.05) is 0 Å². The Kier molecular flexibility index (Phi) is 8.53. The standard InChI is InChI=1S/C30H37FN8O3/c1-17-14-39(15-18(2)35-17)25-8-7-22(28(40)36-21-10-20(12-33-3)26(32)24(31)11-21)27-23(25)13-34-30(37-27)42-16-19-6-5-9-38(4)29(19)41/h7-8,10-13,17-19,35H,5-6,9,14-16,32H2,1-4H3,(H,36,40)/t17-,18+,19?. The van der Waals surface area contributed by atoms with Gasteiger partial charge in [0.2, 0.25) is 5.91 Å². The van der Waals surface area contributed by atoms with Crippen LogP contribution in [0, 0.1) is 11.7 Å². The van der Waals surface area contributed by atoms with Gasteiger partial charge in [0.1, 0.15) is 12.4 Å². The number of hydrogen-bond acceptors (Lipinski definition) is 9. The molecule has 3 atom stereocenters. The van der Waals surface area contributed by atoms with E-state index < -0.39 is 11.7 Å². The number of piperazine rings is 1. The molecule has 1 aromatic heterocycles. The van der Waals surface area contributed by atoms with Crippen LogP contribution in [0.1, 0.15) is 42.6 Å². The van der Waals surface area contributed by atoms with Crippen molar-refractivity contribution in [2.45, 2.75) is 38.8 Å². The number of piperidine rings is 1. The largest absolute Gasteiger partial charge is 0.463 e. The molecule has 3 heterocycles. The molecule has 0 aliphatic carbocycles. The molecule has 3 aromatic rings. The molecule has 222 valence electrons. The number of rotatable bonds is 7. The van der Waals surface area contributed by atoms with Crippen LogP contribution in [0.3, 0.4) is 0 Å². The second kappa shape index (κ2) is 12.3. The maximum absolute atomic E-state index is 14.5. The molecule has 2 aliphatic heterocycles. The van der Waals surface area contributed by atoms with E-state index in [1.54, 1.807) is 37.3 Å². The van der Waals surface area contributed by atoms with Gasteiger partial charge in [-0.3, -0.25) is 14.6 Å². The fourth-order valence-electron chi connectivity index (χ4n) is 5.75. The fourth-order valence-corrected chi connectivity index (χ4v) is 5.75. The van der Waals surface area contributed by atoms with E-state index in [0.29, 0.717) is 16.5 Å². The smallest absolute Gasteiger partial charge is 0.316 e. The molecule has 2 saturated heterocycles. The third-order valence-electron chi connectivity index (χ3n) is 7.72. The van der Waals surface area contributed by atoms with E-state index in [-0.39, 0.29) is 53.5 Å². The Hall–Kier alpha value is -4.32. The Balaban J connectivity index is 1.50. The summed E-state index contributed by atoms with van der Waals surface area (Å²) in [6.07, 6.45) is 4.73. The fraction of sp³-hybridized carbons (Fsp3) is 0.433. The lowest BCUT2D eigenvalue weighted by atomic mass is 9.98. The molecule has 5 rings (SSSR count). The molecule has 12 heteroatoms. The summed E-state index contributed by atoms with van der Waals surface area (Å²) in [7, 11) is 3.34. The highest BCUT2D eigenvalue weighted by molar-refractivity contribution is 6.14. The number of nitrogens with two attached hydrogens (primary N) is 1. The second-order valence-corrected chi connectivity index (χ2v) is 11.1. The third-order valence-corrected chi connectivity index (χ3v) is 7.72. The highest BCUT2D eigenvalue weighted by atomic mass is 19.1. The van der Waals surface area contributed by atoms with Gasteiger partial charge in [-0.2, -0.15) is 4.98 Å². The molecule has 2 aliphatic rings. The van der Waals surface area contributed by atoms with Gasteiger partial charge in [-0.25, -0.2) is 9.37 Å². The van der Waals surface area contributed by atoms with Crippen LogP contribution in [0.2, 0.25) is 0 Å². The zero-order chi connectivity index (χ0) is 30.0. The zero-order valence-electron chi connectivity index (χ0n) is 24.4. The van der Waals surface area contributed by atoms with Crippen LogP contribution in [-0.4, -0.2) is 85.3 Å². The summed E-state index contributed by atoms with van der Waals surface area (Å²) in [5.74, 6) is -1.38. The highest BCUT2D eigenvalue weighted by Crippen LogP contribution is 2.32. The van der Waals surface area contributed by atoms with Gasteiger partial charge in [0.05, 0.1) is 22.7 Å². The normalized spacial score (nSPS) is 21.3. The van der Waals surface area contributed by atoms with Crippen molar-refractivity contribution in [1.82, 2.24) is 20.2 Å². The number of amides is 2. The summed E-state index contributed by atoms with van der Waals surface area (Å²) < 4.78 is 20.4. The number of benzene rings is 2. The Labute approximate surface area is 244 Å². The average Bonchev–Trinajstić information content (AvgIpc) is 2.95. The number of carbonyl (C=O) groups excluding carboxylic acids is 2. The van der Waals surface area contributed by atoms with E-state index in [0.717, 1.165) is 38.2 Å². The van der Waals surface area contributed by atoms with Crippen LogP contribution in [-0.2, 0) is 4.79 Å². The number of ether oxygens (including phenoxy) is 1. The number of likely N-dealkylation sites (tertiary alicyclic amines) is 1. The molecular formula is C30H37FN8O3. The molecule has 42 heavy (non-hydrogen) atoms. The van der Waals surface area contributed by atoms with Gasteiger partial charge in [0.15, 0.2) is 0 Å². The van der Waals surface area contributed by atoms with Crippen LogP contribution in [0.4, 0.5) is 21.5 Å². The van der Waals surface area contributed by atoms with Gasteiger partial charge < -0.3 is 30.9 Å². The van der Waals surface area contributed by atoms with Crippen molar-refractivity contribution >= 4 is 46.0 Å². The van der Waals surface area contributed by atoms with Crippen molar-refractivity contribution < 1.29 is 18.7 Å². The molecule has 2 fully saturated rings. The Bertz CT molecular complexity index is 1520. The number of nitrogen functional groups attached to an aromatic ring is 1. The molecular weight excluding hydrogens is 539 g/mol. The predicted octanol–water partition coefficient (Wildman–Crippen LogP) is 3.09. The lowest BCUT2D eigenvalue weighted by Crippen LogP contribution is -2.54. The first-order valence-corrected chi connectivity index (χ1v) is 14.2. The van der Waals surface area contributed by atoms with Crippen LogP contribution in [0.15, 0.2) is 35.5 Å². The number of carbonyl (C=O) groups is 2. The predicted molar refractivity (Wildman–Crippen MR) is 162 cm³/mol. The molecule has 11 nitrogen and oxygen atoms in total. The lowest BCUT2D eigenvalue weighted by Gasteiger charge is -2.38. The molecule has 0 spiro atoms. The number of aromatic nitrogens is 2. The van der Waals surface area contributed by atoms with Crippen LogP contribution in [0.25, 0.3) is 10.9 Å². The molecule has 0 saturated carbocycles. The molecule has 0 radical (unpaired) electrons. The third kappa shape index (κ3) is 6.13. The average molecular weight is 577 g/mol. The minimum atomic E-state index is -0.661. The molecule has 1 unspecified atom stereocenters. The number of anilines is 3. The Morgan fingerprint density at radius 3 is 2.79 bits per heavy atom. The van der Waals surface area contributed by atoms with E-state index in [9.17, 15) is 14.0 Å². The van der Waals surface area contributed by atoms with Crippen molar-refractivity contribution in [3.8, 4) is 6.01 Å². The zero-order valence-corrected chi connectivity index (χ0v) is 24.4. The first-order valence-electron chi connectivity index (χ1n) is 14.2. The van der Waals surface area contributed by atoms with Crippen LogP contribution in [0.5, 0.6) is 6.01 Å². The summed E-state index contributed by atoms with van der Waals surface area (Å²) in [6.45, 7) is 6.68. The quantitative estimate of drug-likeness (QED) is 0.288. The maximum atomic E-state index is 14.5. The monoisotopic (exact) mass is 576 g/mol. The van der Waals surface area contributed by atoms with Crippen molar-refractivity contribution in [2.24, 2.45) is 10.9 Å².